The van der Waals surface area contributed by atoms with Gasteiger partial charge in [-0.3, -0.25) is 0 Å². The van der Waals surface area contributed by atoms with Gasteiger partial charge in [-0.25, -0.2) is 9.37 Å². The molecule has 2 N–H and O–H groups in total. The van der Waals surface area contributed by atoms with Crippen molar-refractivity contribution in [3.63, 3.8) is 0 Å². The molecule has 5 rings (SSSR count). The number of halogens is 1. The molecule has 1 aromatic carbocycles. The fourth-order valence-electron chi connectivity index (χ4n) is 4.60. The molecule has 2 aromatic rings. The average molecular weight is 376 g/mol. The molecular weight excluding hydrogens is 351 g/mol. The van der Waals surface area contributed by atoms with Crippen LogP contribution in [0.1, 0.15) is 50.3 Å². The monoisotopic (exact) mass is 376 g/mol. The van der Waals surface area contributed by atoms with E-state index in [-0.39, 0.29) is 12.0 Å². The second-order valence-electron chi connectivity index (χ2n) is 7.80. The highest BCUT2D eigenvalue weighted by Gasteiger charge is 2.28. The first-order chi connectivity index (χ1) is 13.8. The van der Waals surface area contributed by atoms with Crippen molar-refractivity contribution in [2.45, 2.75) is 50.7 Å². The Hall–Kier alpha value is -2.82. The minimum atomic E-state index is -0.222. The largest absolute Gasteiger partial charge is 0.368 e. The molecule has 3 heterocycles. The number of fused-ring (bicyclic) bond motifs is 1. The van der Waals surface area contributed by atoms with E-state index in [0.717, 1.165) is 17.0 Å². The third kappa shape index (κ3) is 3.05. The summed E-state index contributed by atoms with van der Waals surface area (Å²) in [7, 11) is 0. The molecule has 0 radical (unpaired) electrons. The maximum absolute atomic E-state index is 13.5. The van der Waals surface area contributed by atoms with Crippen molar-refractivity contribution in [1.82, 2.24) is 20.2 Å². The van der Waals surface area contributed by atoms with Crippen molar-refractivity contribution in [2.75, 3.05) is 0 Å². The van der Waals surface area contributed by atoms with Crippen LogP contribution in [0.3, 0.4) is 0 Å². The standard InChI is InChI=1S/C23H25FN4/c24-17-9-7-16(8-10-17)21-22(19-11-13-25-23-20(19)12-14-26-23)28(15-27-21)18-5-3-1-2-4-6-18/h7-15,18,23,25-26H,1-6H2. The molecule has 0 spiro atoms. The van der Waals surface area contributed by atoms with Crippen LogP contribution in [0.2, 0.25) is 0 Å². The van der Waals surface area contributed by atoms with E-state index in [1.165, 1.54) is 61.8 Å². The summed E-state index contributed by atoms with van der Waals surface area (Å²) in [4.78, 5) is 4.82. The number of imidazole rings is 1. The second kappa shape index (κ2) is 7.30. The predicted octanol–water partition coefficient (Wildman–Crippen LogP) is 4.90. The van der Waals surface area contributed by atoms with E-state index in [1.54, 1.807) is 0 Å². The molecule has 1 aliphatic carbocycles. The lowest BCUT2D eigenvalue weighted by Gasteiger charge is -2.25. The SMILES string of the molecule is Fc1ccc(-c2ncn(C3CCCCCC3)c2C2=C3C=CNC3NC=C2)cc1. The van der Waals surface area contributed by atoms with Crippen LogP contribution in [0.5, 0.6) is 0 Å². The highest BCUT2D eigenvalue weighted by atomic mass is 19.1. The van der Waals surface area contributed by atoms with Crippen molar-refractivity contribution in [1.29, 1.82) is 0 Å². The molecular formula is C23H25FN4. The maximum Gasteiger partial charge on any atom is 0.123 e. The average Bonchev–Trinajstić information content (AvgIpc) is 3.29. The molecule has 0 saturated heterocycles. The van der Waals surface area contributed by atoms with Crippen molar-refractivity contribution in [3.8, 4) is 11.3 Å². The molecule has 1 atom stereocenters. The van der Waals surface area contributed by atoms with Crippen LogP contribution in [0, 0.1) is 5.82 Å². The summed E-state index contributed by atoms with van der Waals surface area (Å²) < 4.78 is 15.9. The number of benzene rings is 1. The molecule has 1 saturated carbocycles. The van der Waals surface area contributed by atoms with Crippen molar-refractivity contribution < 1.29 is 4.39 Å². The first-order valence-corrected chi connectivity index (χ1v) is 10.2. The van der Waals surface area contributed by atoms with E-state index in [0.29, 0.717) is 6.04 Å². The molecule has 28 heavy (non-hydrogen) atoms. The first kappa shape index (κ1) is 17.3. The summed E-state index contributed by atoms with van der Waals surface area (Å²) in [6, 6.07) is 7.15. The summed E-state index contributed by atoms with van der Waals surface area (Å²) in [6.45, 7) is 0. The van der Waals surface area contributed by atoms with Crippen molar-refractivity contribution in [3.05, 3.63) is 72.2 Å². The van der Waals surface area contributed by atoms with Gasteiger partial charge in [-0.1, -0.05) is 25.7 Å². The Kier molecular flexibility index (Phi) is 4.51. The molecule has 5 heteroatoms. The van der Waals surface area contributed by atoms with E-state index in [2.05, 4.69) is 27.4 Å². The zero-order valence-corrected chi connectivity index (χ0v) is 15.9. The lowest BCUT2D eigenvalue weighted by atomic mass is 9.96. The van der Waals surface area contributed by atoms with E-state index in [4.69, 9.17) is 4.98 Å². The highest BCUT2D eigenvalue weighted by Crippen LogP contribution is 2.38. The Morgan fingerprint density at radius 1 is 0.929 bits per heavy atom. The van der Waals surface area contributed by atoms with E-state index in [1.807, 2.05) is 30.9 Å². The highest BCUT2D eigenvalue weighted by molar-refractivity contribution is 5.86. The van der Waals surface area contributed by atoms with Gasteiger partial charge in [0.2, 0.25) is 0 Å². The summed E-state index contributed by atoms with van der Waals surface area (Å²) in [6.07, 6.45) is 17.9. The number of nitrogens with one attached hydrogen (secondary N) is 2. The number of nitrogens with zero attached hydrogens (tertiary/aromatic N) is 2. The maximum atomic E-state index is 13.5. The van der Waals surface area contributed by atoms with Gasteiger partial charge in [0.05, 0.1) is 17.7 Å². The van der Waals surface area contributed by atoms with Gasteiger partial charge in [0.15, 0.2) is 0 Å². The smallest absolute Gasteiger partial charge is 0.123 e. The Balaban J connectivity index is 1.67. The van der Waals surface area contributed by atoms with Crippen LogP contribution in [0.15, 0.2) is 60.7 Å². The summed E-state index contributed by atoms with van der Waals surface area (Å²) >= 11 is 0. The molecule has 144 valence electrons. The Bertz CT molecular complexity index is 943. The predicted molar refractivity (Wildman–Crippen MR) is 110 cm³/mol. The minimum absolute atomic E-state index is 0.0959. The number of rotatable bonds is 3. The van der Waals surface area contributed by atoms with Gasteiger partial charge < -0.3 is 15.2 Å². The normalized spacial score (nSPS) is 22.0. The zero-order chi connectivity index (χ0) is 18.9. The van der Waals surface area contributed by atoms with Crippen LogP contribution in [0.4, 0.5) is 4.39 Å². The summed E-state index contributed by atoms with van der Waals surface area (Å²) in [5, 5.41) is 6.70. The van der Waals surface area contributed by atoms with Crippen molar-refractivity contribution >= 4 is 5.57 Å². The Morgan fingerprint density at radius 2 is 1.64 bits per heavy atom. The lowest BCUT2D eigenvalue weighted by molar-refractivity contribution is 0.440. The van der Waals surface area contributed by atoms with Gasteiger partial charge in [0.25, 0.3) is 0 Å². The number of dihydropyridines is 1. The molecule has 2 aliphatic heterocycles. The van der Waals surface area contributed by atoms with Crippen LogP contribution < -0.4 is 10.6 Å². The van der Waals surface area contributed by atoms with Crippen LogP contribution in [0.25, 0.3) is 16.8 Å². The van der Waals surface area contributed by atoms with Gasteiger partial charge in [0, 0.05) is 22.8 Å². The quantitative estimate of drug-likeness (QED) is 0.749. The van der Waals surface area contributed by atoms with Crippen LogP contribution in [-0.2, 0) is 0 Å². The Labute approximate surface area is 164 Å². The second-order valence-corrected chi connectivity index (χ2v) is 7.80. The lowest BCUT2D eigenvalue weighted by Crippen LogP contribution is -2.36. The molecule has 1 aromatic heterocycles. The zero-order valence-electron chi connectivity index (χ0n) is 15.9. The Morgan fingerprint density at radius 3 is 2.39 bits per heavy atom. The number of hydrogen-bond donors (Lipinski definition) is 2. The molecule has 0 bridgehead atoms. The van der Waals surface area contributed by atoms with E-state index < -0.39 is 0 Å². The van der Waals surface area contributed by atoms with E-state index in [9.17, 15) is 4.39 Å². The van der Waals surface area contributed by atoms with Gasteiger partial charge in [-0.2, -0.15) is 0 Å². The van der Waals surface area contributed by atoms with Crippen molar-refractivity contribution in [2.24, 2.45) is 0 Å². The van der Waals surface area contributed by atoms with Crippen LogP contribution >= 0.6 is 0 Å². The molecule has 3 aliphatic rings. The van der Waals surface area contributed by atoms with Gasteiger partial charge in [0.1, 0.15) is 12.0 Å². The number of allylic oxidation sites excluding steroid dienone is 2. The van der Waals surface area contributed by atoms with E-state index >= 15 is 0 Å². The number of aromatic nitrogens is 2. The molecule has 1 fully saturated rings. The fourth-order valence-corrected chi connectivity index (χ4v) is 4.60. The molecule has 0 amide bonds. The topological polar surface area (TPSA) is 41.9 Å². The van der Waals surface area contributed by atoms with Gasteiger partial charge >= 0.3 is 0 Å². The summed E-state index contributed by atoms with van der Waals surface area (Å²) in [5.74, 6) is -0.222. The first-order valence-electron chi connectivity index (χ1n) is 10.2. The van der Waals surface area contributed by atoms with Gasteiger partial charge in [-0.15, -0.1) is 0 Å². The molecule has 1 unspecified atom stereocenters. The fraction of sp³-hybridized carbons (Fsp3) is 0.348. The van der Waals surface area contributed by atoms with Gasteiger partial charge in [-0.05, 0) is 61.7 Å². The summed E-state index contributed by atoms with van der Waals surface area (Å²) in [5.41, 5.74) is 5.43. The minimum Gasteiger partial charge on any atom is -0.368 e. The number of hydrogen-bond acceptors (Lipinski definition) is 3. The third-order valence-electron chi connectivity index (χ3n) is 6.05. The third-order valence-corrected chi connectivity index (χ3v) is 6.05. The molecule has 4 nitrogen and oxygen atoms in total. The van der Waals surface area contributed by atoms with Crippen LogP contribution in [-0.4, -0.2) is 15.7 Å².